The Bertz CT molecular complexity index is 894. The molecule has 0 bridgehead atoms. The van der Waals surface area contributed by atoms with Crippen molar-refractivity contribution >= 4 is 40.9 Å². The zero-order chi connectivity index (χ0) is 18.6. The van der Waals surface area contributed by atoms with Gasteiger partial charge in [0.1, 0.15) is 7.14 Å². The minimum atomic E-state index is -2.65. The van der Waals surface area contributed by atoms with Crippen molar-refractivity contribution in [3.8, 4) is 0 Å². The van der Waals surface area contributed by atoms with Crippen molar-refractivity contribution in [2.24, 2.45) is 0 Å². The molecule has 3 aromatic rings. The van der Waals surface area contributed by atoms with Crippen molar-refractivity contribution in [2.45, 2.75) is 19.5 Å². The van der Waals surface area contributed by atoms with Gasteiger partial charge in [-0.25, -0.2) is 0 Å². The molecule has 1 nitrogen and oxygen atoms in total. The van der Waals surface area contributed by atoms with Crippen LogP contribution in [0, 0.1) is 0 Å². The fourth-order valence-corrected chi connectivity index (χ4v) is 14.0. The van der Waals surface area contributed by atoms with Crippen LogP contribution in [0.4, 0.5) is 0 Å². The van der Waals surface area contributed by atoms with E-state index in [1.807, 2.05) is 66.7 Å². The van der Waals surface area contributed by atoms with Crippen molar-refractivity contribution < 1.29 is 4.57 Å². The third-order valence-corrected chi connectivity index (χ3v) is 15.5. The van der Waals surface area contributed by atoms with Crippen LogP contribution in [0.5, 0.6) is 0 Å². The summed E-state index contributed by atoms with van der Waals surface area (Å²) in [6, 6.07) is 28.2. The van der Waals surface area contributed by atoms with Crippen LogP contribution >= 0.6 is 13.2 Å². The Kier molecular flexibility index (Phi) is 5.98. The fourth-order valence-electron chi connectivity index (χ4n) is 3.17. The number of rotatable bonds is 6. The van der Waals surface area contributed by atoms with Gasteiger partial charge in [-0.3, -0.25) is 0 Å². The highest BCUT2D eigenvalue weighted by Crippen LogP contribution is 2.62. The van der Waals surface area contributed by atoms with Crippen LogP contribution in [0.1, 0.15) is 13.8 Å². The lowest BCUT2D eigenvalue weighted by molar-refractivity contribution is 0.578. The molecule has 0 spiro atoms. The first-order valence-electron chi connectivity index (χ1n) is 8.81. The summed E-state index contributed by atoms with van der Waals surface area (Å²) in [6.07, 6.45) is 0. The molecule has 134 valence electrons. The molecule has 0 N–H and O–H groups in total. The first-order chi connectivity index (χ1) is 12.5. The van der Waals surface area contributed by atoms with Crippen molar-refractivity contribution in [3.05, 3.63) is 91.0 Å². The highest BCUT2D eigenvalue weighted by molar-refractivity contribution is 8.24. The van der Waals surface area contributed by atoms with Crippen LogP contribution in [0.15, 0.2) is 91.0 Å². The van der Waals surface area contributed by atoms with Gasteiger partial charge in [-0.05, 0) is 10.6 Å². The Morgan fingerprint density at radius 1 is 0.692 bits per heavy atom. The third-order valence-electron chi connectivity index (χ3n) is 4.78. The van der Waals surface area contributed by atoms with Gasteiger partial charge in [0.05, 0.1) is 0 Å². The molecule has 0 aliphatic heterocycles. The van der Waals surface area contributed by atoms with Gasteiger partial charge in [-0.1, -0.05) is 117 Å². The van der Waals surface area contributed by atoms with Gasteiger partial charge in [0.15, 0.2) is 0 Å². The summed E-state index contributed by atoms with van der Waals surface area (Å²) in [5.74, 6) is 0.547. The van der Waals surface area contributed by atoms with E-state index in [0.29, 0.717) is 5.90 Å². The van der Waals surface area contributed by atoms with Crippen LogP contribution in [0.3, 0.4) is 0 Å². The van der Waals surface area contributed by atoms with E-state index >= 15 is 0 Å². The predicted octanol–water partition coefficient (Wildman–Crippen LogP) is 5.17. The molecular weight excluding hydrogens is 374 g/mol. The molecule has 3 aromatic carbocycles. The first-order valence-corrected chi connectivity index (χ1v) is 13.8. The van der Waals surface area contributed by atoms with E-state index in [9.17, 15) is 4.57 Å². The van der Waals surface area contributed by atoms with Crippen LogP contribution < -0.4 is 15.9 Å². The smallest absolute Gasteiger partial charge is 0.123 e. The standard InChI is InChI=1S/C22H24OP2S/c1-19(2)24(23,20-12-6-3-7-13-20)18-25(26,21-14-8-4-9-15-21)22-16-10-5-11-17-22/h3-17,19H,18H2,1-2H3. The topological polar surface area (TPSA) is 17.1 Å². The summed E-state index contributed by atoms with van der Waals surface area (Å²) in [6.45, 7) is 4.12. The maximum atomic E-state index is 14.2. The minimum Gasteiger partial charge on any atom is -0.318 e. The second-order valence-corrected chi connectivity index (χ2v) is 15.4. The van der Waals surface area contributed by atoms with Crippen LogP contribution in [-0.4, -0.2) is 11.6 Å². The summed E-state index contributed by atoms with van der Waals surface area (Å²) in [5.41, 5.74) is 0.0552. The van der Waals surface area contributed by atoms with E-state index in [-0.39, 0.29) is 5.66 Å². The van der Waals surface area contributed by atoms with Gasteiger partial charge in [0, 0.05) is 22.9 Å². The average Bonchev–Trinajstić information content (AvgIpc) is 2.69. The van der Waals surface area contributed by atoms with Gasteiger partial charge in [0.25, 0.3) is 0 Å². The monoisotopic (exact) mass is 398 g/mol. The lowest BCUT2D eigenvalue weighted by Gasteiger charge is -2.31. The molecule has 4 heteroatoms. The second kappa shape index (κ2) is 8.05. The molecule has 0 saturated heterocycles. The molecule has 0 aromatic heterocycles. The van der Waals surface area contributed by atoms with E-state index in [0.717, 1.165) is 15.9 Å². The van der Waals surface area contributed by atoms with E-state index in [2.05, 4.69) is 38.1 Å². The summed E-state index contributed by atoms with van der Waals surface area (Å²) < 4.78 is 14.2. The maximum absolute atomic E-state index is 14.2. The lowest BCUT2D eigenvalue weighted by Crippen LogP contribution is -2.23. The average molecular weight is 398 g/mol. The number of hydrogen-bond acceptors (Lipinski definition) is 2. The Morgan fingerprint density at radius 2 is 1.04 bits per heavy atom. The summed E-state index contributed by atoms with van der Waals surface area (Å²) in [5, 5.41) is 3.21. The summed E-state index contributed by atoms with van der Waals surface area (Å²) >= 11 is 6.34. The molecule has 0 aliphatic rings. The fraction of sp³-hybridized carbons (Fsp3) is 0.182. The van der Waals surface area contributed by atoms with Crippen molar-refractivity contribution in [2.75, 3.05) is 5.90 Å². The van der Waals surface area contributed by atoms with E-state index in [4.69, 9.17) is 11.8 Å². The Morgan fingerprint density at radius 3 is 1.38 bits per heavy atom. The normalized spacial score (nSPS) is 14.1. The first kappa shape index (κ1) is 19.3. The highest BCUT2D eigenvalue weighted by Gasteiger charge is 2.36. The quantitative estimate of drug-likeness (QED) is 0.533. The summed E-state index contributed by atoms with van der Waals surface area (Å²) in [4.78, 5) is 0. The molecular formula is C22H24OP2S. The van der Waals surface area contributed by atoms with Gasteiger partial charge >= 0.3 is 0 Å². The van der Waals surface area contributed by atoms with Crippen LogP contribution in [0.2, 0.25) is 0 Å². The van der Waals surface area contributed by atoms with Gasteiger partial charge < -0.3 is 4.57 Å². The lowest BCUT2D eigenvalue weighted by atomic mass is 10.4. The molecule has 0 heterocycles. The van der Waals surface area contributed by atoms with E-state index in [1.54, 1.807) is 0 Å². The molecule has 0 amide bonds. The molecule has 3 rings (SSSR count). The molecule has 0 saturated carbocycles. The van der Waals surface area contributed by atoms with Gasteiger partial charge in [-0.2, -0.15) is 0 Å². The number of benzene rings is 3. The molecule has 0 radical (unpaired) electrons. The Labute approximate surface area is 161 Å². The van der Waals surface area contributed by atoms with Gasteiger partial charge in [0.2, 0.25) is 0 Å². The molecule has 0 fully saturated rings. The maximum Gasteiger partial charge on any atom is 0.123 e. The van der Waals surface area contributed by atoms with Gasteiger partial charge in [-0.15, -0.1) is 0 Å². The third kappa shape index (κ3) is 3.79. The van der Waals surface area contributed by atoms with E-state index in [1.165, 1.54) is 0 Å². The summed E-state index contributed by atoms with van der Waals surface area (Å²) in [7, 11) is -2.65. The molecule has 26 heavy (non-hydrogen) atoms. The Hall–Kier alpha value is -1.46. The SMILES string of the molecule is CC(C)P(=O)(CP(=S)(c1ccccc1)c1ccccc1)c1ccccc1. The highest BCUT2D eigenvalue weighted by atomic mass is 32.4. The second-order valence-electron chi connectivity index (χ2n) is 6.78. The molecule has 1 atom stereocenters. The van der Waals surface area contributed by atoms with E-state index < -0.39 is 13.2 Å². The van der Waals surface area contributed by atoms with Crippen molar-refractivity contribution in [3.63, 3.8) is 0 Å². The predicted molar refractivity (Wildman–Crippen MR) is 120 cm³/mol. The van der Waals surface area contributed by atoms with Crippen molar-refractivity contribution in [1.29, 1.82) is 0 Å². The number of hydrogen-bond donors (Lipinski definition) is 0. The van der Waals surface area contributed by atoms with Crippen LogP contribution in [-0.2, 0) is 16.4 Å². The largest absolute Gasteiger partial charge is 0.318 e. The van der Waals surface area contributed by atoms with Crippen LogP contribution in [0.25, 0.3) is 0 Å². The van der Waals surface area contributed by atoms with Crippen molar-refractivity contribution in [1.82, 2.24) is 0 Å². The minimum absolute atomic E-state index is 0.0552. The molecule has 1 unspecified atom stereocenters. The zero-order valence-electron chi connectivity index (χ0n) is 15.2. The molecule has 0 aliphatic carbocycles. The Balaban J connectivity index is 2.17. The zero-order valence-corrected chi connectivity index (χ0v) is 17.8.